The Labute approximate surface area is 167 Å². The molecule has 0 aliphatic carbocycles. The van der Waals surface area contributed by atoms with E-state index >= 15 is 0 Å². The Morgan fingerprint density at radius 1 is 1.07 bits per heavy atom. The summed E-state index contributed by atoms with van der Waals surface area (Å²) in [6, 6.07) is 3.28. The molecule has 2 amide bonds. The Kier molecular flexibility index (Phi) is 7.62. The molecular formula is C19H22N2O6S. The first-order valence-electron chi connectivity index (χ1n) is 8.59. The second-order valence-electron chi connectivity index (χ2n) is 6.12. The normalized spacial score (nSPS) is 18.6. The number of amides is 2. The van der Waals surface area contributed by atoms with Crippen molar-refractivity contribution in [1.29, 1.82) is 0 Å². The number of rotatable bonds is 8. The Bertz CT molecular complexity index is 795. The molecule has 1 aliphatic rings. The lowest BCUT2D eigenvalue weighted by Crippen LogP contribution is -2.63. The zero-order chi connectivity index (χ0) is 20.7. The van der Waals surface area contributed by atoms with Crippen molar-refractivity contribution in [3.8, 4) is 11.5 Å². The lowest BCUT2D eigenvalue weighted by atomic mass is 10.0. The molecule has 1 aromatic carbocycles. The summed E-state index contributed by atoms with van der Waals surface area (Å²) >= 11 is 1.50. The van der Waals surface area contributed by atoms with Gasteiger partial charge in [-0.2, -0.15) is 11.8 Å². The average Bonchev–Trinajstić information content (AvgIpc) is 2.60. The second kappa shape index (κ2) is 9.93. The number of hydrogen-bond donors (Lipinski definition) is 2. The maximum Gasteiger partial charge on any atom is 0.308 e. The molecule has 8 nitrogen and oxygen atoms in total. The topological polar surface area (TPSA) is 111 Å². The van der Waals surface area contributed by atoms with Crippen LogP contribution in [0.25, 0.3) is 0 Å². The zero-order valence-corrected chi connectivity index (χ0v) is 16.5. The van der Waals surface area contributed by atoms with Crippen molar-refractivity contribution in [3.63, 3.8) is 0 Å². The zero-order valence-electron chi connectivity index (χ0n) is 15.7. The number of piperazine rings is 1. The monoisotopic (exact) mass is 406 g/mol. The highest BCUT2D eigenvalue weighted by atomic mass is 32.2. The van der Waals surface area contributed by atoms with Gasteiger partial charge in [0.05, 0.1) is 0 Å². The van der Waals surface area contributed by atoms with Crippen LogP contribution in [-0.4, -0.2) is 47.3 Å². The van der Waals surface area contributed by atoms with E-state index in [0.29, 0.717) is 17.1 Å². The molecule has 1 fully saturated rings. The van der Waals surface area contributed by atoms with Gasteiger partial charge in [-0.15, -0.1) is 6.58 Å². The molecular weight excluding hydrogens is 384 g/mol. The molecule has 2 atom stereocenters. The average molecular weight is 406 g/mol. The molecule has 0 bridgehead atoms. The van der Waals surface area contributed by atoms with Gasteiger partial charge in [0.25, 0.3) is 0 Å². The van der Waals surface area contributed by atoms with Crippen molar-refractivity contribution in [1.82, 2.24) is 10.6 Å². The number of esters is 2. The van der Waals surface area contributed by atoms with E-state index in [1.807, 2.05) is 0 Å². The van der Waals surface area contributed by atoms with E-state index in [4.69, 9.17) is 9.47 Å². The number of carbonyl (C=O) groups excluding carboxylic acids is 4. The van der Waals surface area contributed by atoms with Crippen molar-refractivity contribution in [2.24, 2.45) is 0 Å². The Morgan fingerprint density at radius 2 is 1.68 bits per heavy atom. The summed E-state index contributed by atoms with van der Waals surface area (Å²) in [6.07, 6.45) is 1.93. The van der Waals surface area contributed by atoms with Crippen LogP contribution in [-0.2, 0) is 25.6 Å². The van der Waals surface area contributed by atoms with Crippen LogP contribution in [0.1, 0.15) is 19.4 Å². The molecule has 2 N–H and O–H groups in total. The molecule has 0 unspecified atom stereocenters. The maximum atomic E-state index is 12.4. The molecule has 1 saturated heterocycles. The van der Waals surface area contributed by atoms with Crippen LogP contribution in [0.4, 0.5) is 0 Å². The van der Waals surface area contributed by atoms with Crippen LogP contribution < -0.4 is 20.1 Å². The summed E-state index contributed by atoms with van der Waals surface area (Å²) < 4.78 is 10.1. The minimum Gasteiger partial charge on any atom is -0.423 e. The van der Waals surface area contributed by atoms with Gasteiger partial charge in [-0.25, -0.2) is 0 Å². The molecule has 150 valence electrons. The molecule has 1 aliphatic heterocycles. The lowest BCUT2D eigenvalue weighted by Gasteiger charge is -2.29. The highest BCUT2D eigenvalue weighted by Crippen LogP contribution is 2.29. The van der Waals surface area contributed by atoms with Crippen molar-refractivity contribution in [3.05, 3.63) is 36.4 Å². The fourth-order valence-electron chi connectivity index (χ4n) is 2.59. The van der Waals surface area contributed by atoms with Crippen molar-refractivity contribution in [2.45, 2.75) is 32.4 Å². The molecule has 0 aromatic heterocycles. The van der Waals surface area contributed by atoms with Gasteiger partial charge in [-0.3, -0.25) is 19.2 Å². The van der Waals surface area contributed by atoms with Gasteiger partial charge < -0.3 is 20.1 Å². The van der Waals surface area contributed by atoms with Crippen molar-refractivity contribution < 1.29 is 28.7 Å². The number of carbonyl (C=O) groups is 4. The standard InChI is InChI=1S/C19H22N2O6S/c1-4-7-28-10-15-19(25)20-14(18(24)21-15)8-13-5-6-16(26-11(2)22)17(9-13)27-12(3)23/h4-6,9,14-15H,1,7-8,10H2,2-3H3,(H,20,25)(H,21,24)/t14-,15+/m0/s1. The first kappa shape index (κ1) is 21.5. The van der Waals surface area contributed by atoms with Crippen LogP contribution in [0.2, 0.25) is 0 Å². The largest absolute Gasteiger partial charge is 0.423 e. The predicted octanol–water partition coefficient (Wildman–Crippen LogP) is 0.982. The minimum atomic E-state index is -0.752. The molecule has 1 heterocycles. The number of hydrogen-bond acceptors (Lipinski definition) is 7. The Morgan fingerprint density at radius 3 is 2.32 bits per heavy atom. The summed E-state index contributed by atoms with van der Waals surface area (Å²) in [7, 11) is 0. The fourth-order valence-corrected chi connectivity index (χ4v) is 3.37. The van der Waals surface area contributed by atoms with Gasteiger partial charge in [0.15, 0.2) is 11.5 Å². The summed E-state index contributed by atoms with van der Waals surface area (Å²) in [4.78, 5) is 47.1. The van der Waals surface area contributed by atoms with Crippen LogP contribution in [0.3, 0.4) is 0 Å². The molecule has 0 saturated carbocycles. The second-order valence-corrected chi connectivity index (χ2v) is 7.20. The SMILES string of the molecule is C=CCSC[C@H]1NC(=O)[C@H](Cc2ccc(OC(C)=O)c(OC(C)=O)c2)NC1=O. The van der Waals surface area contributed by atoms with Gasteiger partial charge in [0, 0.05) is 31.8 Å². The van der Waals surface area contributed by atoms with Crippen molar-refractivity contribution in [2.75, 3.05) is 11.5 Å². The van der Waals surface area contributed by atoms with E-state index in [1.165, 1.54) is 37.7 Å². The van der Waals surface area contributed by atoms with E-state index in [0.717, 1.165) is 0 Å². The molecule has 0 radical (unpaired) electrons. The van der Waals surface area contributed by atoms with Crippen LogP contribution in [0, 0.1) is 0 Å². The summed E-state index contributed by atoms with van der Waals surface area (Å²) in [5.74, 6) is -0.348. The molecule has 1 aromatic rings. The first-order chi connectivity index (χ1) is 13.3. The van der Waals surface area contributed by atoms with Gasteiger partial charge in [-0.1, -0.05) is 12.1 Å². The number of thioether (sulfide) groups is 1. The number of benzene rings is 1. The molecule has 28 heavy (non-hydrogen) atoms. The van der Waals surface area contributed by atoms with Gasteiger partial charge in [-0.05, 0) is 17.7 Å². The van der Waals surface area contributed by atoms with E-state index in [-0.39, 0.29) is 29.7 Å². The molecule has 2 rings (SSSR count). The fraction of sp³-hybridized carbons (Fsp3) is 0.368. The van der Waals surface area contributed by atoms with Gasteiger partial charge in [0.2, 0.25) is 11.8 Å². The highest BCUT2D eigenvalue weighted by Gasteiger charge is 2.33. The first-order valence-corrected chi connectivity index (χ1v) is 9.74. The minimum absolute atomic E-state index is 0.0708. The highest BCUT2D eigenvalue weighted by molar-refractivity contribution is 7.99. The van der Waals surface area contributed by atoms with Crippen LogP contribution >= 0.6 is 11.8 Å². The number of ether oxygens (including phenoxy) is 2. The smallest absolute Gasteiger partial charge is 0.308 e. The van der Waals surface area contributed by atoms with E-state index in [9.17, 15) is 19.2 Å². The molecule has 9 heteroatoms. The Hall–Kier alpha value is -2.81. The van der Waals surface area contributed by atoms with Gasteiger partial charge in [0.1, 0.15) is 12.1 Å². The molecule has 0 spiro atoms. The van der Waals surface area contributed by atoms with E-state index < -0.39 is 24.0 Å². The lowest BCUT2D eigenvalue weighted by molar-refractivity contribution is -0.136. The number of nitrogens with one attached hydrogen (secondary N) is 2. The van der Waals surface area contributed by atoms with Crippen molar-refractivity contribution >= 4 is 35.5 Å². The summed E-state index contributed by atoms with van der Waals surface area (Å²) in [6.45, 7) is 6.07. The van der Waals surface area contributed by atoms with E-state index in [2.05, 4.69) is 17.2 Å². The maximum absolute atomic E-state index is 12.4. The third-order valence-electron chi connectivity index (χ3n) is 3.74. The van der Waals surface area contributed by atoms with Crippen LogP contribution in [0.5, 0.6) is 11.5 Å². The quantitative estimate of drug-likeness (QED) is 0.287. The van der Waals surface area contributed by atoms with Crippen LogP contribution in [0.15, 0.2) is 30.9 Å². The summed E-state index contributed by atoms with van der Waals surface area (Å²) in [5.41, 5.74) is 0.632. The predicted molar refractivity (Wildman–Crippen MR) is 104 cm³/mol. The Balaban J connectivity index is 2.09. The van der Waals surface area contributed by atoms with Gasteiger partial charge >= 0.3 is 11.9 Å². The summed E-state index contributed by atoms with van der Waals surface area (Å²) in [5, 5.41) is 5.43. The third-order valence-corrected chi connectivity index (χ3v) is 4.78. The van der Waals surface area contributed by atoms with E-state index in [1.54, 1.807) is 12.1 Å². The third kappa shape index (κ3) is 6.12.